The number of H-pyrrole nitrogens is 1. The van der Waals surface area contributed by atoms with Gasteiger partial charge >= 0.3 is 0 Å². The van der Waals surface area contributed by atoms with Crippen molar-refractivity contribution in [3.8, 4) is 23.6 Å². The number of imidazole rings is 1. The second-order valence-electron chi connectivity index (χ2n) is 6.25. The maximum atomic E-state index is 12.3. The van der Waals surface area contributed by atoms with E-state index in [1.54, 1.807) is 18.1 Å². The molecule has 128 valence electrons. The molecule has 1 aliphatic rings. The van der Waals surface area contributed by atoms with Gasteiger partial charge in [0.25, 0.3) is 0 Å². The smallest absolute Gasteiger partial charge is 0.222 e. The lowest BCUT2D eigenvalue weighted by atomic mass is 10.0. The molecule has 0 saturated heterocycles. The molecule has 25 heavy (non-hydrogen) atoms. The van der Waals surface area contributed by atoms with E-state index < -0.39 is 5.66 Å². The first-order valence-corrected chi connectivity index (χ1v) is 8.33. The van der Waals surface area contributed by atoms with Crippen molar-refractivity contribution in [2.45, 2.75) is 37.9 Å². The Morgan fingerprint density at radius 1 is 1.28 bits per heavy atom. The molecule has 0 bridgehead atoms. The number of nitrogens with zero attached hydrogens (tertiary/aromatic N) is 4. The molecule has 1 amide bonds. The molecule has 0 saturated carbocycles. The minimum absolute atomic E-state index is 0.0510. The zero-order valence-electron chi connectivity index (χ0n) is 14.3. The van der Waals surface area contributed by atoms with E-state index in [0.717, 1.165) is 23.5 Å². The van der Waals surface area contributed by atoms with Crippen molar-refractivity contribution in [2.75, 3.05) is 7.05 Å². The largest absolute Gasteiger partial charge is 0.341 e. The van der Waals surface area contributed by atoms with Crippen LogP contribution in [0.2, 0.25) is 0 Å². The molecule has 1 aromatic carbocycles. The molecule has 0 unspecified atom stereocenters. The highest BCUT2D eigenvalue weighted by Gasteiger charge is 2.39. The number of rotatable bonds is 8. The third-order valence-corrected chi connectivity index (χ3v) is 4.32. The molecule has 2 heterocycles. The first-order valence-electron chi connectivity index (χ1n) is 8.33. The van der Waals surface area contributed by atoms with Crippen LogP contribution in [0.15, 0.2) is 46.8 Å². The maximum Gasteiger partial charge on any atom is 0.222 e. The van der Waals surface area contributed by atoms with E-state index in [-0.39, 0.29) is 5.91 Å². The van der Waals surface area contributed by atoms with E-state index in [4.69, 9.17) is 6.42 Å². The number of terminal acetylenes is 1. The molecule has 1 aromatic heterocycles. The van der Waals surface area contributed by atoms with Crippen molar-refractivity contribution in [1.29, 1.82) is 0 Å². The number of carbonyl (C=O) groups is 1. The van der Waals surface area contributed by atoms with Crippen molar-refractivity contribution in [2.24, 2.45) is 10.2 Å². The van der Waals surface area contributed by atoms with Crippen molar-refractivity contribution in [1.82, 2.24) is 14.9 Å². The summed E-state index contributed by atoms with van der Waals surface area (Å²) in [5.74, 6) is 3.41. The van der Waals surface area contributed by atoms with Gasteiger partial charge in [-0.05, 0) is 5.56 Å². The number of nitrogens with one attached hydrogen (secondary N) is 1. The third kappa shape index (κ3) is 4.32. The summed E-state index contributed by atoms with van der Waals surface area (Å²) in [6.45, 7) is 0.442. The quantitative estimate of drug-likeness (QED) is 0.751. The van der Waals surface area contributed by atoms with Crippen molar-refractivity contribution < 1.29 is 4.79 Å². The molecule has 3 rings (SSSR count). The maximum absolute atomic E-state index is 12.3. The van der Waals surface area contributed by atoms with Gasteiger partial charge in [0.05, 0.1) is 18.4 Å². The Labute approximate surface area is 147 Å². The molecule has 0 fully saturated rings. The number of aromatic amines is 1. The fourth-order valence-corrected chi connectivity index (χ4v) is 2.69. The van der Waals surface area contributed by atoms with E-state index in [2.05, 4.69) is 26.1 Å². The molecule has 0 radical (unpaired) electrons. The van der Waals surface area contributed by atoms with E-state index in [1.807, 2.05) is 30.3 Å². The summed E-state index contributed by atoms with van der Waals surface area (Å²) in [5.41, 5.74) is 1.61. The average Bonchev–Trinajstić information content (AvgIpc) is 3.27. The van der Waals surface area contributed by atoms with Gasteiger partial charge in [0.15, 0.2) is 5.66 Å². The second-order valence-corrected chi connectivity index (χ2v) is 6.25. The van der Waals surface area contributed by atoms with Gasteiger partial charge in [-0.3, -0.25) is 4.79 Å². The van der Waals surface area contributed by atoms with Crippen LogP contribution in [0.3, 0.4) is 0 Å². The van der Waals surface area contributed by atoms with Gasteiger partial charge in [0.1, 0.15) is 5.82 Å². The summed E-state index contributed by atoms with van der Waals surface area (Å²) in [7, 11) is 1.78. The number of amides is 1. The lowest BCUT2D eigenvalue weighted by molar-refractivity contribution is -0.130. The normalized spacial score (nSPS) is 14.1. The van der Waals surface area contributed by atoms with Crippen LogP contribution < -0.4 is 0 Å². The van der Waals surface area contributed by atoms with Gasteiger partial charge in [-0.1, -0.05) is 30.3 Å². The Kier molecular flexibility index (Phi) is 4.94. The highest BCUT2D eigenvalue weighted by molar-refractivity contribution is 5.76. The monoisotopic (exact) mass is 335 g/mol. The zero-order chi connectivity index (χ0) is 17.7. The van der Waals surface area contributed by atoms with Crippen LogP contribution in [0.5, 0.6) is 0 Å². The third-order valence-electron chi connectivity index (χ3n) is 4.32. The summed E-state index contributed by atoms with van der Waals surface area (Å²) in [6.07, 6.45) is 9.44. The molecular formula is C19H21N5O. The molecule has 1 N–H and O–H groups in total. The molecule has 6 heteroatoms. The minimum Gasteiger partial charge on any atom is -0.341 e. The molecule has 0 atom stereocenters. The number of benzene rings is 1. The van der Waals surface area contributed by atoms with E-state index in [0.29, 0.717) is 25.8 Å². The average molecular weight is 335 g/mol. The highest BCUT2D eigenvalue weighted by atomic mass is 16.2. The van der Waals surface area contributed by atoms with Crippen LogP contribution in [0.25, 0.3) is 11.3 Å². The van der Waals surface area contributed by atoms with Gasteiger partial charge in [-0.25, -0.2) is 4.98 Å². The lowest BCUT2D eigenvalue weighted by Crippen LogP contribution is -2.28. The first kappa shape index (κ1) is 16.9. The number of carbonyl (C=O) groups excluding carboxylic acids is 1. The van der Waals surface area contributed by atoms with Gasteiger partial charge in [0.2, 0.25) is 5.91 Å². The highest BCUT2D eigenvalue weighted by Crippen LogP contribution is 2.37. The van der Waals surface area contributed by atoms with Gasteiger partial charge in [0, 0.05) is 32.7 Å². The molecule has 2 aromatic rings. The van der Waals surface area contributed by atoms with Crippen LogP contribution >= 0.6 is 0 Å². The molecule has 1 aliphatic heterocycles. The Hall–Kier alpha value is -2.94. The minimum atomic E-state index is -0.409. The van der Waals surface area contributed by atoms with Crippen LogP contribution in [0, 0.1) is 12.3 Å². The van der Waals surface area contributed by atoms with E-state index in [1.165, 1.54) is 0 Å². The molecule has 6 nitrogen and oxygen atoms in total. The number of hydrogen-bond acceptors (Lipinski definition) is 4. The zero-order valence-corrected chi connectivity index (χ0v) is 14.3. The standard InChI is InChI=1S/C19H21N5O/c1-3-4-11-19(22-23-19)12-10-18(25)24(2)14-17-20-13-16(21-17)15-8-6-5-7-9-15/h1,5-9,13H,4,10-12,14H2,2H3,(H,20,21). The summed E-state index contributed by atoms with van der Waals surface area (Å²) in [6, 6.07) is 9.97. The summed E-state index contributed by atoms with van der Waals surface area (Å²) < 4.78 is 0. The Balaban J connectivity index is 1.50. The lowest BCUT2D eigenvalue weighted by Gasteiger charge is -2.17. The predicted molar refractivity (Wildman–Crippen MR) is 95.4 cm³/mol. The second kappa shape index (κ2) is 7.31. The fraction of sp³-hybridized carbons (Fsp3) is 0.368. The van der Waals surface area contributed by atoms with Gasteiger partial charge < -0.3 is 9.88 Å². The SMILES string of the molecule is C#CCCC1(CCC(=O)N(C)Cc2ncc(-c3ccccc3)[nH]2)N=N1. The molecular weight excluding hydrogens is 314 g/mol. The van der Waals surface area contributed by atoms with Crippen LogP contribution in [-0.4, -0.2) is 33.5 Å². The van der Waals surface area contributed by atoms with Crippen molar-refractivity contribution in [3.05, 3.63) is 42.4 Å². The van der Waals surface area contributed by atoms with E-state index in [9.17, 15) is 4.79 Å². The van der Waals surface area contributed by atoms with Crippen LogP contribution in [0.1, 0.15) is 31.5 Å². The summed E-state index contributed by atoms with van der Waals surface area (Å²) in [5, 5.41) is 8.13. The topological polar surface area (TPSA) is 73.7 Å². The number of hydrogen-bond donors (Lipinski definition) is 1. The summed E-state index contributed by atoms with van der Waals surface area (Å²) in [4.78, 5) is 21.6. The van der Waals surface area contributed by atoms with Crippen LogP contribution in [-0.2, 0) is 11.3 Å². The Bertz CT molecular complexity index is 797. The Morgan fingerprint density at radius 2 is 2.04 bits per heavy atom. The van der Waals surface area contributed by atoms with E-state index >= 15 is 0 Å². The van der Waals surface area contributed by atoms with Crippen molar-refractivity contribution >= 4 is 5.91 Å². The predicted octanol–water partition coefficient (Wildman–Crippen LogP) is 3.39. The molecule has 0 aliphatic carbocycles. The number of aromatic nitrogens is 2. The first-order chi connectivity index (χ1) is 12.1. The molecule has 0 spiro atoms. The summed E-state index contributed by atoms with van der Waals surface area (Å²) >= 11 is 0. The van der Waals surface area contributed by atoms with Crippen LogP contribution in [0.4, 0.5) is 0 Å². The van der Waals surface area contributed by atoms with Crippen molar-refractivity contribution in [3.63, 3.8) is 0 Å². The van der Waals surface area contributed by atoms with Gasteiger partial charge in [-0.15, -0.1) is 12.3 Å². The Morgan fingerprint density at radius 3 is 2.72 bits per heavy atom. The fourth-order valence-electron chi connectivity index (χ4n) is 2.69. The van der Waals surface area contributed by atoms with Gasteiger partial charge in [-0.2, -0.15) is 10.2 Å².